The highest BCUT2D eigenvalue weighted by Crippen LogP contribution is 2.36. The van der Waals surface area contributed by atoms with Crippen LogP contribution in [-0.2, 0) is 13.0 Å². The molecule has 0 aliphatic carbocycles. The maximum atomic E-state index is 4.69. The van der Waals surface area contributed by atoms with Gasteiger partial charge in [0.2, 0.25) is 0 Å². The van der Waals surface area contributed by atoms with Gasteiger partial charge in [-0.3, -0.25) is 0 Å². The maximum Gasteiger partial charge on any atom is 0.140 e. The Balaban J connectivity index is 1.92. The average molecular weight is 274 g/mol. The van der Waals surface area contributed by atoms with Crippen LogP contribution >= 0.6 is 0 Å². The lowest BCUT2D eigenvalue weighted by atomic mass is 9.92. The Kier molecular flexibility index (Phi) is 2.71. The van der Waals surface area contributed by atoms with Crippen LogP contribution in [0.15, 0.2) is 48.7 Å². The quantitative estimate of drug-likeness (QED) is 0.643. The van der Waals surface area contributed by atoms with E-state index >= 15 is 0 Å². The van der Waals surface area contributed by atoms with E-state index in [4.69, 9.17) is 4.98 Å². The van der Waals surface area contributed by atoms with Crippen LogP contribution in [0.25, 0.3) is 22.6 Å². The summed E-state index contributed by atoms with van der Waals surface area (Å²) in [6.07, 6.45) is 3.11. The van der Waals surface area contributed by atoms with Crippen molar-refractivity contribution in [3.63, 3.8) is 0 Å². The lowest BCUT2D eigenvalue weighted by Crippen LogP contribution is -2.13. The second kappa shape index (κ2) is 4.59. The molecule has 0 spiro atoms. The van der Waals surface area contributed by atoms with Gasteiger partial charge in [-0.1, -0.05) is 48.0 Å². The SMILES string of the molecule is Cc1cc(C)c2c(c1)CCn1c-2cnc1-c1ccccc1. The molecule has 0 radical (unpaired) electrons. The Morgan fingerprint density at radius 2 is 1.86 bits per heavy atom. The summed E-state index contributed by atoms with van der Waals surface area (Å²) >= 11 is 0. The van der Waals surface area contributed by atoms with Crippen LogP contribution in [0.2, 0.25) is 0 Å². The Hall–Kier alpha value is -2.35. The molecule has 3 aromatic rings. The van der Waals surface area contributed by atoms with Crippen molar-refractivity contribution >= 4 is 0 Å². The number of hydrogen-bond acceptors (Lipinski definition) is 1. The predicted octanol–water partition coefficient (Wildman–Crippen LogP) is 4.39. The van der Waals surface area contributed by atoms with Crippen molar-refractivity contribution < 1.29 is 0 Å². The molecule has 0 amide bonds. The average Bonchev–Trinajstić information content (AvgIpc) is 2.91. The van der Waals surface area contributed by atoms with Crippen molar-refractivity contribution in [3.8, 4) is 22.6 Å². The number of rotatable bonds is 1. The third kappa shape index (κ3) is 1.90. The predicted molar refractivity (Wildman–Crippen MR) is 86.3 cm³/mol. The minimum atomic E-state index is 1.01. The van der Waals surface area contributed by atoms with Gasteiger partial charge < -0.3 is 4.57 Å². The van der Waals surface area contributed by atoms with Gasteiger partial charge in [0.1, 0.15) is 5.82 Å². The van der Waals surface area contributed by atoms with Gasteiger partial charge in [0.15, 0.2) is 0 Å². The van der Waals surface area contributed by atoms with Gasteiger partial charge in [-0.2, -0.15) is 0 Å². The highest BCUT2D eigenvalue weighted by Gasteiger charge is 2.21. The first-order chi connectivity index (χ1) is 10.2. The molecule has 0 atom stereocenters. The van der Waals surface area contributed by atoms with Crippen LogP contribution in [0.5, 0.6) is 0 Å². The summed E-state index contributed by atoms with van der Waals surface area (Å²) in [6.45, 7) is 5.39. The van der Waals surface area contributed by atoms with E-state index in [1.807, 2.05) is 12.3 Å². The van der Waals surface area contributed by atoms with E-state index in [9.17, 15) is 0 Å². The van der Waals surface area contributed by atoms with Gasteiger partial charge >= 0.3 is 0 Å². The fourth-order valence-corrected chi connectivity index (χ4v) is 3.47. The van der Waals surface area contributed by atoms with Crippen LogP contribution < -0.4 is 0 Å². The molecule has 4 rings (SSSR count). The second-order valence-electron chi connectivity index (χ2n) is 5.85. The van der Waals surface area contributed by atoms with Crippen molar-refractivity contribution in [3.05, 3.63) is 65.4 Å². The van der Waals surface area contributed by atoms with Crippen molar-refractivity contribution in [1.82, 2.24) is 9.55 Å². The molecule has 2 aromatic carbocycles. The first-order valence-electron chi connectivity index (χ1n) is 7.45. The molecule has 2 heterocycles. The number of nitrogens with zero attached hydrogens (tertiary/aromatic N) is 2. The van der Waals surface area contributed by atoms with Crippen LogP contribution in [0.1, 0.15) is 16.7 Å². The summed E-state index contributed by atoms with van der Waals surface area (Å²) in [5, 5.41) is 0. The first-order valence-corrected chi connectivity index (χ1v) is 7.45. The van der Waals surface area contributed by atoms with E-state index in [0.29, 0.717) is 0 Å². The zero-order chi connectivity index (χ0) is 14.4. The Morgan fingerprint density at radius 1 is 1.05 bits per heavy atom. The Bertz CT molecular complexity index is 813. The van der Waals surface area contributed by atoms with E-state index in [2.05, 4.69) is 54.8 Å². The maximum absolute atomic E-state index is 4.69. The first kappa shape index (κ1) is 12.4. The monoisotopic (exact) mass is 274 g/mol. The molecular formula is C19H18N2. The van der Waals surface area contributed by atoms with Gasteiger partial charge in [0, 0.05) is 17.7 Å². The third-order valence-electron chi connectivity index (χ3n) is 4.31. The molecule has 0 unspecified atom stereocenters. The normalized spacial score (nSPS) is 12.9. The molecule has 0 saturated heterocycles. The minimum Gasteiger partial charge on any atom is -0.324 e. The summed E-state index contributed by atoms with van der Waals surface area (Å²) in [5.41, 5.74) is 7.98. The van der Waals surface area contributed by atoms with Gasteiger partial charge in [0.05, 0.1) is 11.9 Å². The van der Waals surface area contributed by atoms with Crippen LogP contribution in [-0.4, -0.2) is 9.55 Å². The molecule has 0 saturated carbocycles. The topological polar surface area (TPSA) is 17.8 Å². The van der Waals surface area contributed by atoms with Crippen LogP contribution in [0.4, 0.5) is 0 Å². The number of aryl methyl sites for hydroxylation is 3. The molecule has 21 heavy (non-hydrogen) atoms. The van der Waals surface area contributed by atoms with Crippen molar-refractivity contribution in [2.45, 2.75) is 26.8 Å². The summed E-state index contributed by atoms with van der Waals surface area (Å²) in [4.78, 5) is 4.69. The lowest BCUT2D eigenvalue weighted by molar-refractivity contribution is 0.690. The van der Waals surface area contributed by atoms with E-state index in [1.165, 1.54) is 33.5 Å². The summed E-state index contributed by atoms with van der Waals surface area (Å²) in [6, 6.07) is 15.0. The molecule has 104 valence electrons. The molecule has 0 fully saturated rings. The number of benzene rings is 2. The molecule has 2 nitrogen and oxygen atoms in total. The molecule has 0 bridgehead atoms. The third-order valence-corrected chi connectivity index (χ3v) is 4.31. The lowest BCUT2D eigenvalue weighted by Gasteiger charge is -2.22. The molecule has 1 aliphatic rings. The smallest absolute Gasteiger partial charge is 0.140 e. The number of fused-ring (bicyclic) bond motifs is 3. The van der Waals surface area contributed by atoms with Crippen LogP contribution in [0.3, 0.4) is 0 Å². The molecular weight excluding hydrogens is 256 g/mol. The van der Waals surface area contributed by atoms with Gasteiger partial charge in [-0.25, -0.2) is 4.98 Å². The fraction of sp³-hybridized carbons (Fsp3) is 0.211. The van der Waals surface area contributed by atoms with E-state index < -0.39 is 0 Å². The van der Waals surface area contributed by atoms with E-state index in [0.717, 1.165) is 18.8 Å². The van der Waals surface area contributed by atoms with Crippen molar-refractivity contribution in [1.29, 1.82) is 0 Å². The van der Waals surface area contributed by atoms with E-state index in [-0.39, 0.29) is 0 Å². The number of imidazole rings is 1. The summed E-state index contributed by atoms with van der Waals surface area (Å²) in [5.74, 6) is 1.08. The summed E-state index contributed by atoms with van der Waals surface area (Å²) < 4.78 is 2.36. The zero-order valence-corrected chi connectivity index (χ0v) is 12.4. The van der Waals surface area contributed by atoms with Crippen molar-refractivity contribution in [2.75, 3.05) is 0 Å². The van der Waals surface area contributed by atoms with Gasteiger partial charge in [-0.15, -0.1) is 0 Å². The fourth-order valence-electron chi connectivity index (χ4n) is 3.47. The van der Waals surface area contributed by atoms with Crippen LogP contribution in [0, 0.1) is 13.8 Å². The molecule has 1 aromatic heterocycles. The van der Waals surface area contributed by atoms with Crippen molar-refractivity contribution in [2.24, 2.45) is 0 Å². The molecule has 1 aliphatic heterocycles. The zero-order valence-electron chi connectivity index (χ0n) is 12.4. The van der Waals surface area contributed by atoms with E-state index in [1.54, 1.807) is 0 Å². The van der Waals surface area contributed by atoms with Gasteiger partial charge in [0.25, 0.3) is 0 Å². The highest BCUT2D eigenvalue weighted by atomic mass is 15.1. The number of aromatic nitrogens is 2. The largest absolute Gasteiger partial charge is 0.324 e. The minimum absolute atomic E-state index is 1.01. The number of hydrogen-bond donors (Lipinski definition) is 0. The highest BCUT2D eigenvalue weighted by molar-refractivity contribution is 5.73. The molecule has 2 heteroatoms. The molecule has 0 N–H and O–H groups in total. The Labute approximate surface area is 125 Å². The van der Waals surface area contributed by atoms with Gasteiger partial charge in [-0.05, 0) is 31.4 Å². The summed E-state index contributed by atoms with van der Waals surface area (Å²) in [7, 11) is 0. The standard InChI is InChI=1S/C19H18N2/c1-13-10-14(2)18-16(11-13)8-9-21-17(18)12-20-19(21)15-6-4-3-5-7-15/h3-7,10-12H,8-9H2,1-2H3. The second-order valence-corrected chi connectivity index (χ2v) is 5.85. The Morgan fingerprint density at radius 3 is 2.67 bits per heavy atom.